The van der Waals surface area contributed by atoms with Crippen LogP contribution >= 0.6 is 0 Å². The minimum Gasteiger partial charge on any atom is -0.375 e. The zero-order chi connectivity index (χ0) is 52.4. The summed E-state index contributed by atoms with van der Waals surface area (Å²) >= 11 is 0. The predicted molar refractivity (Wildman–Crippen MR) is 270 cm³/mol. The number of piperazine rings is 1. The average Bonchev–Trinajstić information content (AvgIpc) is 4.09. The summed E-state index contributed by atoms with van der Waals surface area (Å²) in [5, 5.41) is 10.9. The Morgan fingerprint density at radius 1 is 0.720 bits per heavy atom. The molecule has 75 heavy (non-hydrogen) atoms. The van der Waals surface area contributed by atoms with Gasteiger partial charge in [-0.3, -0.25) is 33.7 Å². The smallest absolute Gasteiger partial charge is 0.272 e. The number of nitrogens with zero attached hydrogens (tertiary/aromatic N) is 6. The summed E-state index contributed by atoms with van der Waals surface area (Å²) in [7, 11) is 0. The fraction of sp³-hybridized carbons (Fsp3) is 0.554. The van der Waals surface area contributed by atoms with Crippen molar-refractivity contribution >= 4 is 40.3 Å². The van der Waals surface area contributed by atoms with Gasteiger partial charge in [0.2, 0.25) is 17.7 Å². The van der Waals surface area contributed by atoms with E-state index in [1.807, 2.05) is 12.1 Å². The Hall–Kier alpha value is -6.21. The van der Waals surface area contributed by atoms with Crippen LogP contribution in [-0.2, 0) is 25.5 Å². The molecule has 2 N–H and O–H groups in total. The first-order valence-electron chi connectivity index (χ1n) is 26.9. The number of ether oxygens (including phenoxy) is 1. The number of carbonyl (C=O) groups excluding carboxylic acids is 5. The maximum Gasteiger partial charge on any atom is 0.272 e. The van der Waals surface area contributed by atoms with Gasteiger partial charge in [0.1, 0.15) is 23.6 Å². The third-order valence-electron chi connectivity index (χ3n) is 16.6. The van der Waals surface area contributed by atoms with Gasteiger partial charge in [0, 0.05) is 89.6 Å². The number of likely N-dealkylation sites (tertiary alicyclic amines) is 3. The molecule has 0 bridgehead atoms. The molecule has 6 fully saturated rings. The molecule has 400 valence electrons. The number of amides is 5. The number of H-pyrrole nitrogens is 1. The van der Waals surface area contributed by atoms with Crippen LogP contribution in [-0.4, -0.2) is 160 Å². The summed E-state index contributed by atoms with van der Waals surface area (Å²) in [4.78, 5) is 89.1. The number of fused-ring (bicyclic) bond motifs is 1. The van der Waals surface area contributed by atoms with Gasteiger partial charge in [0.25, 0.3) is 23.3 Å². The van der Waals surface area contributed by atoms with Gasteiger partial charge in [-0.1, -0.05) is 55.7 Å². The zero-order valence-electron chi connectivity index (χ0n) is 42.3. The molecule has 0 spiro atoms. The molecule has 3 atom stereocenters. The molecule has 3 unspecified atom stereocenters. The summed E-state index contributed by atoms with van der Waals surface area (Å²) in [6.45, 7) is 4.17. The molecule has 4 aromatic rings. The molecule has 2 aliphatic carbocycles. The molecule has 5 amide bonds. The number of benzene rings is 3. The highest BCUT2D eigenvalue weighted by Gasteiger charge is 2.62. The van der Waals surface area contributed by atoms with Crippen LogP contribution in [0.15, 0.2) is 65.5 Å². The van der Waals surface area contributed by atoms with Crippen molar-refractivity contribution in [1.82, 2.24) is 40.0 Å². The Bertz CT molecular complexity index is 2840. The van der Waals surface area contributed by atoms with Crippen LogP contribution in [0.4, 0.5) is 17.6 Å². The Labute approximate surface area is 433 Å². The van der Waals surface area contributed by atoms with Gasteiger partial charge in [-0.2, -0.15) is 5.10 Å². The number of nitrogens with one attached hydrogen (secondary N) is 2. The number of carbonyl (C=O) groups is 5. The van der Waals surface area contributed by atoms with Crippen LogP contribution < -0.4 is 10.9 Å². The predicted octanol–water partition coefficient (Wildman–Crippen LogP) is 6.29. The van der Waals surface area contributed by atoms with E-state index in [0.29, 0.717) is 93.5 Å². The molecule has 6 aliphatic rings. The number of piperidine rings is 3. The van der Waals surface area contributed by atoms with E-state index in [0.717, 1.165) is 44.9 Å². The van der Waals surface area contributed by atoms with Crippen LogP contribution in [0.25, 0.3) is 10.8 Å². The van der Waals surface area contributed by atoms with Crippen molar-refractivity contribution in [3.8, 4) is 0 Å². The van der Waals surface area contributed by atoms with Crippen molar-refractivity contribution in [3.05, 3.63) is 111 Å². The highest BCUT2D eigenvalue weighted by molar-refractivity contribution is 5.98. The molecule has 15 nitrogen and oxygen atoms in total. The second kappa shape index (κ2) is 22.6. The van der Waals surface area contributed by atoms with Crippen LogP contribution in [0.5, 0.6) is 0 Å². The summed E-state index contributed by atoms with van der Waals surface area (Å²) in [6, 6.07) is 15.3. The van der Waals surface area contributed by atoms with Gasteiger partial charge in [0.15, 0.2) is 0 Å². The lowest BCUT2D eigenvalue weighted by Crippen LogP contribution is -2.55. The molecule has 0 radical (unpaired) electrons. The first-order valence-corrected chi connectivity index (χ1v) is 26.9. The molecule has 5 heterocycles. The van der Waals surface area contributed by atoms with Crippen molar-refractivity contribution in [1.29, 1.82) is 0 Å². The molecule has 10 rings (SSSR count). The molecule has 4 saturated heterocycles. The van der Waals surface area contributed by atoms with Gasteiger partial charge >= 0.3 is 0 Å². The maximum absolute atomic E-state index is 16.3. The molecule has 1 aromatic heterocycles. The standard InChI is InChI=1S/C56H66F4N8O7/c57-46-16-15-35(31-47-41-11-4-5-12-42(41)52(71)63-62-47)30-44(46)53(72)67-28-26-65(27-29-67)48(69)34-64-22-17-38(18-23-64)75-39-19-24-66(25-20-39)55(74)50(36-8-2-1-3-9-36)61-51(70)43-14-6-13-40(49(43)58)37-10-7-21-68(33-37)54(73)45-32-56(45,59)60/h4-6,11-16,30,36-39,45,50H,1-3,7-10,17-29,31-34H2,(H,61,70)(H,63,71). The van der Waals surface area contributed by atoms with Crippen LogP contribution in [0.3, 0.4) is 0 Å². The Morgan fingerprint density at radius 2 is 1.40 bits per heavy atom. The van der Waals surface area contributed by atoms with E-state index in [2.05, 4.69) is 20.4 Å². The minimum absolute atomic E-state index is 0.00411. The highest BCUT2D eigenvalue weighted by Crippen LogP contribution is 2.50. The number of rotatable bonds is 13. The van der Waals surface area contributed by atoms with Crippen molar-refractivity contribution in [2.24, 2.45) is 11.8 Å². The van der Waals surface area contributed by atoms with Crippen LogP contribution in [0, 0.1) is 23.5 Å². The van der Waals surface area contributed by atoms with E-state index in [-0.39, 0.29) is 84.8 Å². The number of alkyl halides is 2. The second-order valence-corrected chi connectivity index (χ2v) is 21.5. The first-order chi connectivity index (χ1) is 36.2. The van der Waals surface area contributed by atoms with Gasteiger partial charge in [-0.05, 0) is 92.7 Å². The number of hydrogen-bond acceptors (Lipinski definition) is 9. The molecule has 4 aliphatic heterocycles. The average molecular weight is 1040 g/mol. The number of aromatic amines is 1. The number of hydrogen-bond donors (Lipinski definition) is 2. The van der Waals surface area contributed by atoms with Gasteiger partial charge < -0.3 is 29.7 Å². The third kappa shape index (κ3) is 11.8. The van der Waals surface area contributed by atoms with E-state index in [1.165, 1.54) is 23.1 Å². The lowest BCUT2D eigenvalue weighted by molar-refractivity contribution is -0.140. The van der Waals surface area contributed by atoms with E-state index in [4.69, 9.17) is 4.74 Å². The lowest BCUT2D eigenvalue weighted by Gasteiger charge is -2.40. The van der Waals surface area contributed by atoms with Gasteiger partial charge in [0.05, 0.1) is 41.0 Å². The normalized spacial score (nSPS) is 22.5. The molecule has 19 heteroatoms. The van der Waals surface area contributed by atoms with E-state index in [1.54, 1.807) is 45.0 Å². The highest BCUT2D eigenvalue weighted by atomic mass is 19.3. The van der Waals surface area contributed by atoms with Gasteiger partial charge in [-0.25, -0.2) is 22.7 Å². The SMILES string of the molecule is O=C(NC(C(=O)N1CCC(OC2CCN(CC(=O)N3CCN(C(=O)c4cc(Cc5n[nH]c(=O)c6ccccc56)ccc4F)CC3)CC2)CC1)C1CCCCC1)c1cccc(C2CCCN(C(=O)C3CC3(F)F)C2)c1F. The molecular weight excluding hydrogens is 973 g/mol. The fourth-order valence-corrected chi connectivity index (χ4v) is 12.1. The first kappa shape index (κ1) is 52.2. The van der Waals surface area contributed by atoms with E-state index < -0.39 is 59.6 Å². The number of halogens is 4. The molecular formula is C56H66F4N8O7. The zero-order valence-corrected chi connectivity index (χ0v) is 42.3. The molecule has 2 saturated carbocycles. The van der Waals surface area contributed by atoms with Crippen molar-refractivity contribution in [2.45, 2.75) is 114 Å². The van der Waals surface area contributed by atoms with Crippen LogP contribution in [0.1, 0.15) is 121 Å². The second-order valence-electron chi connectivity index (χ2n) is 21.5. The Balaban J connectivity index is 0.665. The lowest BCUT2D eigenvalue weighted by atomic mass is 9.83. The van der Waals surface area contributed by atoms with Crippen molar-refractivity contribution in [3.63, 3.8) is 0 Å². The summed E-state index contributed by atoms with van der Waals surface area (Å²) in [6.07, 6.45) is 8.05. The van der Waals surface area contributed by atoms with Crippen molar-refractivity contribution in [2.75, 3.05) is 72.0 Å². The largest absolute Gasteiger partial charge is 0.375 e. The maximum atomic E-state index is 16.3. The quantitative estimate of drug-likeness (QED) is 0.146. The summed E-state index contributed by atoms with van der Waals surface area (Å²) < 4.78 is 65.4. The summed E-state index contributed by atoms with van der Waals surface area (Å²) in [5.41, 5.74) is 1.01. The van der Waals surface area contributed by atoms with E-state index in [9.17, 15) is 37.5 Å². The fourth-order valence-electron chi connectivity index (χ4n) is 12.1. The third-order valence-corrected chi connectivity index (χ3v) is 16.6. The minimum atomic E-state index is -2.99. The topological polar surface area (TPSA) is 169 Å². The van der Waals surface area contributed by atoms with E-state index >= 15 is 8.78 Å². The monoisotopic (exact) mass is 1040 g/mol. The Morgan fingerprint density at radius 3 is 2.11 bits per heavy atom. The number of aromatic nitrogens is 2. The molecule has 3 aromatic carbocycles. The van der Waals surface area contributed by atoms with Crippen LogP contribution in [0.2, 0.25) is 0 Å². The Kier molecular flexibility index (Phi) is 15.7. The van der Waals surface area contributed by atoms with Crippen molar-refractivity contribution < 1.29 is 46.3 Å². The van der Waals surface area contributed by atoms with Gasteiger partial charge in [-0.15, -0.1) is 0 Å². The summed E-state index contributed by atoms with van der Waals surface area (Å²) in [5.74, 6) is -8.13.